The summed E-state index contributed by atoms with van der Waals surface area (Å²) in [4.78, 5) is 56.0. The topological polar surface area (TPSA) is 122 Å². The molecule has 41 heavy (non-hydrogen) atoms. The number of amides is 3. The van der Waals surface area contributed by atoms with E-state index in [0.29, 0.717) is 40.2 Å². The van der Waals surface area contributed by atoms with Crippen molar-refractivity contribution in [1.82, 2.24) is 10.5 Å². The van der Waals surface area contributed by atoms with Crippen LogP contribution in [0, 0.1) is 5.92 Å². The van der Waals surface area contributed by atoms with Gasteiger partial charge in [0.1, 0.15) is 11.7 Å². The van der Waals surface area contributed by atoms with E-state index in [0.717, 1.165) is 5.39 Å². The summed E-state index contributed by atoms with van der Waals surface area (Å²) in [6, 6.07) is 19.5. The second-order valence-corrected chi connectivity index (χ2v) is 9.89. The Bertz CT molecular complexity index is 1610. The summed E-state index contributed by atoms with van der Waals surface area (Å²) < 4.78 is 10.2. The highest BCUT2D eigenvalue weighted by Gasteiger charge is 2.38. The van der Waals surface area contributed by atoms with Gasteiger partial charge in [-0.3, -0.25) is 14.4 Å². The number of para-hydroxylation sites is 3. The summed E-state index contributed by atoms with van der Waals surface area (Å²) in [5, 5.41) is 7.86. The van der Waals surface area contributed by atoms with Gasteiger partial charge >= 0.3 is 5.97 Å². The molecule has 0 bridgehead atoms. The van der Waals surface area contributed by atoms with Gasteiger partial charge in [0.2, 0.25) is 5.91 Å². The number of benzene rings is 3. The van der Waals surface area contributed by atoms with Crippen LogP contribution >= 0.6 is 0 Å². The highest BCUT2D eigenvalue weighted by molar-refractivity contribution is 6.13. The van der Waals surface area contributed by atoms with Crippen LogP contribution in [0.4, 0.5) is 11.4 Å². The van der Waals surface area contributed by atoms with Crippen molar-refractivity contribution in [3.63, 3.8) is 0 Å². The van der Waals surface area contributed by atoms with Crippen LogP contribution < -0.4 is 15.1 Å². The van der Waals surface area contributed by atoms with E-state index in [4.69, 9.17) is 9.26 Å². The van der Waals surface area contributed by atoms with Gasteiger partial charge in [-0.1, -0.05) is 43.3 Å². The van der Waals surface area contributed by atoms with Gasteiger partial charge in [-0.25, -0.2) is 4.79 Å². The minimum atomic E-state index is -1.03. The molecule has 0 radical (unpaired) electrons. The zero-order chi connectivity index (χ0) is 29.1. The van der Waals surface area contributed by atoms with E-state index in [1.165, 1.54) is 41.2 Å². The van der Waals surface area contributed by atoms with Crippen molar-refractivity contribution < 1.29 is 28.4 Å². The van der Waals surface area contributed by atoms with E-state index in [1.807, 2.05) is 25.1 Å². The molecule has 1 aromatic heterocycles. The first-order chi connectivity index (χ1) is 19.8. The molecule has 1 aliphatic heterocycles. The molecule has 0 unspecified atom stereocenters. The number of fused-ring (bicyclic) bond motifs is 2. The Morgan fingerprint density at radius 2 is 1.66 bits per heavy atom. The molecule has 1 N–H and O–H groups in total. The molecular weight excluding hydrogens is 524 g/mol. The Morgan fingerprint density at radius 1 is 1.00 bits per heavy atom. The van der Waals surface area contributed by atoms with Gasteiger partial charge < -0.3 is 24.4 Å². The average Bonchev–Trinajstić information content (AvgIpc) is 3.38. The maximum Gasteiger partial charge on any atom is 0.337 e. The summed E-state index contributed by atoms with van der Waals surface area (Å²) >= 11 is 0. The molecule has 3 amide bonds. The normalized spacial score (nSPS) is 15.7. The van der Waals surface area contributed by atoms with Crippen molar-refractivity contribution in [1.29, 1.82) is 0 Å². The number of esters is 1. The first-order valence-corrected chi connectivity index (χ1v) is 13.4. The van der Waals surface area contributed by atoms with E-state index in [-0.39, 0.29) is 30.8 Å². The molecule has 2 atom stereocenters. The Balaban J connectivity index is 1.57. The molecule has 0 saturated carbocycles. The molecule has 0 spiro atoms. The molecule has 1 aliphatic rings. The SMILES string of the molecule is CC[C@@H](C)C(=O)N[C@H]1CN(C(=O)c2ccc(C(=O)OC)cc2)c2ccccc2N(Cc2noc3ccccc23)C1=O. The second-order valence-electron chi connectivity index (χ2n) is 9.89. The van der Waals surface area contributed by atoms with Crippen molar-refractivity contribution in [3.8, 4) is 0 Å². The van der Waals surface area contributed by atoms with E-state index < -0.39 is 17.9 Å². The molecule has 4 aromatic rings. The number of hydrogen-bond donors (Lipinski definition) is 1. The first-order valence-electron chi connectivity index (χ1n) is 13.4. The molecule has 5 rings (SSSR count). The van der Waals surface area contributed by atoms with Crippen LogP contribution in [0.15, 0.2) is 77.3 Å². The third-order valence-corrected chi connectivity index (χ3v) is 7.33. The number of ether oxygens (including phenoxy) is 1. The highest BCUT2D eigenvalue weighted by atomic mass is 16.5. The van der Waals surface area contributed by atoms with Gasteiger partial charge in [0.25, 0.3) is 11.8 Å². The standard InChI is InChI=1S/C31H30N4O6/c1-4-19(2)28(36)32-24-18-34(29(37)20-13-15-21(16-14-20)31(39)40-3)25-10-6-7-11-26(25)35(30(24)38)17-23-22-9-5-8-12-27(22)41-33-23/h5-16,19,24H,4,17-18H2,1-3H3,(H,32,36)/t19-,24+/m1/s1. The van der Waals surface area contributed by atoms with Crippen LogP contribution in [0.3, 0.4) is 0 Å². The van der Waals surface area contributed by atoms with Crippen molar-refractivity contribution in [3.05, 3.63) is 89.6 Å². The minimum absolute atomic E-state index is 0.0679. The highest BCUT2D eigenvalue weighted by Crippen LogP contribution is 2.35. The maximum absolute atomic E-state index is 14.1. The van der Waals surface area contributed by atoms with Gasteiger partial charge in [-0.15, -0.1) is 0 Å². The predicted octanol–water partition coefficient (Wildman–Crippen LogP) is 4.34. The number of anilines is 2. The lowest BCUT2D eigenvalue weighted by molar-refractivity contribution is -0.129. The Kier molecular flexibility index (Phi) is 7.82. The second kappa shape index (κ2) is 11.6. The van der Waals surface area contributed by atoms with Crippen LogP contribution in [-0.4, -0.2) is 48.5 Å². The number of carbonyl (C=O) groups is 4. The summed E-state index contributed by atoms with van der Waals surface area (Å²) in [7, 11) is 1.29. The number of hydrogen-bond acceptors (Lipinski definition) is 7. The monoisotopic (exact) mass is 554 g/mol. The number of nitrogens with one attached hydrogen (secondary N) is 1. The number of rotatable bonds is 7. The molecule has 0 saturated heterocycles. The van der Waals surface area contributed by atoms with E-state index in [2.05, 4.69) is 10.5 Å². The molecule has 3 aromatic carbocycles. The molecule has 0 aliphatic carbocycles. The maximum atomic E-state index is 14.1. The predicted molar refractivity (Wildman–Crippen MR) is 152 cm³/mol. The average molecular weight is 555 g/mol. The van der Waals surface area contributed by atoms with Crippen LogP contribution in [0.25, 0.3) is 11.0 Å². The minimum Gasteiger partial charge on any atom is -0.465 e. The van der Waals surface area contributed by atoms with Gasteiger partial charge in [0.05, 0.1) is 37.1 Å². The first kappa shape index (κ1) is 27.6. The van der Waals surface area contributed by atoms with Gasteiger partial charge in [-0.2, -0.15) is 0 Å². The van der Waals surface area contributed by atoms with Crippen LogP contribution in [0.1, 0.15) is 46.7 Å². The molecule has 2 heterocycles. The Hall–Kier alpha value is -4.99. The lowest BCUT2D eigenvalue weighted by atomic mass is 10.1. The fourth-order valence-electron chi connectivity index (χ4n) is 4.77. The van der Waals surface area contributed by atoms with Gasteiger partial charge in [-0.05, 0) is 55.0 Å². The lowest BCUT2D eigenvalue weighted by Gasteiger charge is -2.26. The number of aromatic nitrogens is 1. The zero-order valence-corrected chi connectivity index (χ0v) is 23.0. The summed E-state index contributed by atoms with van der Waals surface area (Å²) in [6.07, 6.45) is 0.594. The van der Waals surface area contributed by atoms with Crippen LogP contribution in [0.2, 0.25) is 0 Å². The number of methoxy groups -OCH3 is 1. The molecule has 210 valence electrons. The van der Waals surface area contributed by atoms with Crippen LogP contribution in [0.5, 0.6) is 0 Å². The van der Waals surface area contributed by atoms with Crippen LogP contribution in [-0.2, 0) is 20.9 Å². The van der Waals surface area contributed by atoms with E-state index in [9.17, 15) is 19.2 Å². The Morgan fingerprint density at radius 3 is 2.37 bits per heavy atom. The quantitative estimate of drug-likeness (QED) is 0.337. The van der Waals surface area contributed by atoms with Crippen molar-refractivity contribution in [2.45, 2.75) is 32.9 Å². The largest absolute Gasteiger partial charge is 0.465 e. The fraction of sp³-hybridized carbons (Fsp3) is 0.258. The Labute approximate surface area is 236 Å². The van der Waals surface area contributed by atoms with E-state index >= 15 is 0 Å². The lowest BCUT2D eigenvalue weighted by Crippen LogP contribution is -2.53. The third-order valence-electron chi connectivity index (χ3n) is 7.33. The molecule has 10 heteroatoms. The smallest absolute Gasteiger partial charge is 0.337 e. The van der Waals surface area contributed by atoms with Gasteiger partial charge in [0, 0.05) is 16.9 Å². The van der Waals surface area contributed by atoms with Gasteiger partial charge in [0.15, 0.2) is 5.58 Å². The number of carbonyl (C=O) groups excluding carboxylic acids is 4. The summed E-state index contributed by atoms with van der Waals surface area (Å²) in [5.74, 6) is -1.89. The fourth-order valence-corrected chi connectivity index (χ4v) is 4.77. The van der Waals surface area contributed by atoms with E-state index in [1.54, 1.807) is 37.3 Å². The zero-order valence-electron chi connectivity index (χ0n) is 23.0. The van der Waals surface area contributed by atoms with Crippen molar-refractivity contribution >= 4 is 46.0 Å². The molecular formula is C31H30N4O6. The third kappa shape index (κ3) is 5.41. The molecule has 10 nitrogen and oxygen atoms in total. The molecule has 0 fully saturated rings. The van der Waals surface area contributed by atoms with Crippen molar-refractivity contribution in [2.24, 2.45) is 5.92 Å². The van der Waals surface area contributed by atoms with Crippen molar-refractivity contribution in [2.75, 3.05) is 23.5 Å². The number of nitrogens with zero attached hydrogens (tertiary/aromatic N) is 3. The summed E-state index contributed by atoms with van der Waals surface area (Å²) in [5.41, 5.74) is 2.74. The summed E-state index contributed by atoms with van der Waals surface area (Å²) in [6.45, 7) is 3.66.